The van der Waals surface area contributed by atoms with Gasteiger partial charge >= 0.3 is 5.97 Å². The van der Waals surface area contributed by atoms with Gasteiger partial charge in [-0.1, -0.05) is 0 Å². The second kappa shape index (κ2) is 5.01. The van der Waals surface area contributed by atoms with Gasteiger partial charge in [0.1, 0.15) is 6.04 Å². The maximum atomic E-state index is 12.6. The van der Waals surface area contributed by atoms with Gasteiger partial charge in [-0.25, -0.2) is 9.78 Å². The van der Waals surface area contributed by atoms with Crippen LogP contribution < -0.4 is 0 Å². The molecule has 0 spiro atoms. The number of carbonyl (C=O) groups excluding carboxylic acids is 1. The Bertz CT molecular complexity index is 710. The van der Waals surface area contributed by atoms with Crippen LogP contribution in [0.25, 0.3) is 0 Å². The Kier molecular flexibility index (Phi) is 3.17. The highest BCUT2D eigenvalue weighted by Crippen LogP contribution is 2.23. The van der Waals surface area contributed by atoms with Crippen molar-refractivity contribution < 1.29 is 14.7 Å². The number of carboxylic acid groups (broad SMARTS) is 1. The zero-order valence-electron chi connectivity index (χ0n) is 11.4. The summed E-state index contributed by atoms with van der Waals surface area (Å²) in [5.41, 5.74) is 2.73. The first-order valence-electron chi connectivity index (χ1n) is 6.53. The molecule has 7 heteroatoms. The van der Waals surface area contributed by atoms with E-state index in [2.05, 4.69) is 15.0 Å². The molecule has 3 heterocycles. The molecular formula is C14H14N4O3. The molecule has 1 amide bonds. The highest BCUT2D eigenvalue weighted by Gasteiger charge is 2.36. The van der Waals surface area contributed by atoms with E-state index in [0.717, 1.165) is 11.3 Å². The quantitative estimate of drug-likeness (QED) is 0.849. The monoisotopic (exact) mass is 286 g/mol. The normalized spacial score (nSPS) is 17.4. The van der Waals surface area contributed by atoms with Crippen molar-refractivity contribution in [2.24, 2.45) is 0 Å². The molecule has 0 saturated heterocycles. The third kappa shape index (κ3) is 2.37. The molecule has 2 aromatic heterocycles. The first-order valence-corrected chi connectivity index (χ1v) is 6.53. The largest absolute Gasteiger partial charge is 0.480 e. The summed E-state index contributed by atoms with van der Waals surface area (Å²) >= 11 is 0. The molecule has 1 aliphatic heterocycles. The van der Waals surface area contributed by atoms with Crippen LogP contribution in [0.4, 0.5) is 0 Å². The van der Waals surface area contributed by atoms with Gasteiger partial charge in [-0.2, -0.15) is 0 Å². The van der Waals surface area contributed by atoms with Crippen LogP contribution in [0.2, 0.25) is 0 Å². The third-order valence-electron chi connectivity index (χ3n) is 3.57. The topological polar surface area (TPSA) is 99.2 Å². The molecule has 0 fully saturated rings. The molecule has 0 aromatic carbocycles. The Morgan fingerprint density at radius 3 is 2.95 bits per heavy atom. The molecular weight excluding hydrogens is 272 g/mol. The van der Waals surface area contributed by atoms with Gasteiger partial charge in [-0.15, -0.1) is 0 Å². The zero-order chi connectivity index (χ0) is 15.0. The predicted octanol–water partition coefficient (Wildman–Crippen LogP) is 0.765. The molecule has 0 saturated carbocycles. The average molecular weight is 286 g/mol. The minimum absolute atomic E-state index is 0.207. The number of aliphatic carboxylic acids is 1. The van der Waals surface area contributed by atoms with Crippen LogP contribution in [0.15, 0.2) is 24.8 Å². The maximum Gasteiger partial charge on any atom is 0.326 e. The van der Waals surface area contributed by atoms with E-state index in [0.29, 0.717) is 11.3 Å². The van der Waals surface area contributed by atoms with Crippen molar-refractivity contribution in [3.8, 4) is 0 Å². The Balaban J connectivity index is 1.95. The van der Waals surface area contributed by atoms with Gasteiger partial charge in [-0.05, 0) is 18.6 Å². The predicted molar refractivity (Wildman–Crippen MR) is 72.6 cm³/mol. The standard InChI is InChI=1S/C14H14N4O3/c1-8-2-9(5-15-4-8)13(19)18-6-11-10(16-7-17-11)3-12(18)14(20)21/h2,4-5,7,12H,3,6H2,1H3,(H,16,17)(H,20,21). The number of aromatic amines is 1. The fourth-order valence-corrected chi connectivity index (χ4v) is 2.51. The minimum Gasteiger partial charge on any atom is -0.480 e. The van der Waals surface area contributed by atoms with E-state index in [9.17, 15) is 14.7 Å². The molecule has 0 aliphatic carbocycles. The van der Waals surface area contributed by atoms with Crippen molar-refractivity contribution in [3.05, 3.63) is 47.3 Å². The van der Waals surface area contributed by atoms with Gasteiger partial charge in [-0.3, -0.25) is 9.78 Å². The molecule has 7 nitrogen and oxygen atoms in total. The first kappa shape index (κ1) is 13.3. The molecule has 2 N–H and O–H groups in total. The molecule has 1 atom stereocenters. The number of hydrogen-bond acceptors (Lipinski definition) is 4. The van der Waals surface area contributed by atoms with Crippen LogP contribution in [0.5, 0.6) is 0 Å². The smallest absolute Gasteiger partial charge is 0.326 e. The van der Waals surface area contributed by atoms with Gasteiger partial charge in [0.15, 0.2) is 0 Å². The van der Waals surface area contributed by atoms with Crippen LogP contribution >= 0.6 is 0 Å². The van der Waals surface area contributed by atoms with Crippen LogP contribution in [-0.4, -0.2) is 42.9 Å². The number of aryl methyl sites for hydroxylation is 1. The molecule has 1 unspecified atom stereocenters. The number of carboxylic acids is 1. The summed E-state index contributed by atoms with van der Waals surface area (Å²) in [4.78, 5) is 36.4. The molecule has 21 heavy (non-hydrogen) atoms. The lowest BCUT2D eigenvalue weighted by atomic mass is 10.0. The van der Waals surface area contributed by atoms with Gasteiger partial charge in [0.2, 0.25) is 0 Å². The number of nitrogens with one attached hydrogen (secondary N) is 1. The van der Waals surface area contributed by atoms with Crippen LogP contribution in [0, 0.1) is 6.92 Å². The van der Waals surface area contributed by atoms with Crippen LogP contribution in [0.1, 0.15) is 27.3 Å². The summed E-state index contributed by atoms with van der Waals surface area (Å²) in [6, 6.07) is 0.797. The van der Waals surface area contributed by atoms with E-state index in [1.165, 1.54) is 17.4 Å². The highest BCUT2D eigenvalue weighted by atomic mass is 16.4. The zero-order valence-corrected chi connectivity index (χ0v) is 11.4. The van der Waals surface area contributed by atoms with E-state index in [1.807, 2.05) is 6.92 Å². The van der Waals surface area contributed by atoms with Crippen molar-refractivity contribution in [2.75, 3.05) is 0 Å². The molecule has 1 aliphatic rings. The fraction of sp³-hybridized carbons (Fsp3) is 0.286. The average Bonchev–Trinajstić information content (AvgIpc) is 2.92. The van der Waals surface area contributed by atoms with Crippen LogP contribution in [0.3, 0.4) is 0 Å². The van der Waals surface area contributed by atoms with Crippen molar-refractivity contribution in [1.29, 1.82) is 0 Å². The van der Waals surface area contributed by atoms with Crippen molar-refractivity contribution >= 4 is 11.9 Å². The third-order valence-corrected chi connectivity index (χ3v) is 3.57. The fourth-order valence-electron chi connectivity index (χ4n) is 2.51. The number of imidazole rings is 1. The van der Waals surface area contributed by atoms with Crippen LogP contribution in [-0.2, 0) is 17.8 Å². The number of rotatable bonds is 2. The van der Waals surface area contributed by atoms with E-state index in [1.54, 1.807) is 12.3 Å². The van der Waals surface area contributed by atoms with Gasteiger partial charge in [0.25, 0.3) is 5.91 Å². The SMILES string of the molecule is Cc1cncc(C(=O)N2Cc3[nH]cnc3CC2C(=O)O)c1. The second-order valence-corrected chi connectivity index (χ2v) is 5.07. The Hall–Kier alpha value is -2.70. The molecule has 0 bridgehead atoms. The van der Waals surface area contributed by atoms with E-state index in [-0.39, 0.29) is 18.9 Å². The Morgan fingerprint density at radius 1 is 1.43 bits per heavy atom. The summed E-state index contributed by atoms with van der Waals surface area (Å²) in [6.45, 7) is 2.04. The Morgan fingerprint density at radius 2 is 2.24 bits per heavy atom. The Labute approximate surface area is 120 Å². The number of carbonyl (C=O) groups is 2. The first-order chi connectivity index (χ1) is 10.1. The maximum absolute atomic E-state index is 12.6. The number of hydrogen-bond donors (Lipinski definition) is 2. The van der Waals surface area contributed by atoms with Gasteiger partial charge in [0, 0.05) is 18.8 Å². The highest BCUT2D eigenvalue weighted by molar-refractivity contribution is 5.96. The van der Waals surface area contributed by atoms with E-state index >= 15 is 0 Å². The summed E-state index contributed by atoms with van der Waals surface area (Å²) in [7, 11) is 0. The van der Waals surface area contributed by atoms with Gasteiger partial charge < -0.3 is 15.0 Å². The summed E-state index contributed by atoms with van der Waals surface area (Å²) in [5, 5.41) is 9.37. The molecule has 108 valence electrons. The molecule has 3 rings (SSSR count). The lowest BCUT2D eigenvalue weighted by Crippen LogP contribution is -2.48. The number of H-pyrrole nitrogens is 1. The lowest BCUT2D eigenvalue weighted by molar-refractivity contribution is -0.142. The molecule has 0 radical (unpaired) electrons. The van der Waals surface area contributed by atoms with Crippen molar-refractivity contribution in [1.82, 2.24) is 19.9 Å². The van der Waals surface area contributed by atoms with Crippen molar-refractivity contribution in [3.63, 3.8) is 0 Å². The summed E-state index contributed by atoms with van der Waals surface area (Å²) in [6.07, 6.45) is 4.83. The number of aromatic nitrogens is 3. The summed E-state index contributed by atoms with van der Waals surface area (Å²) < 4.78 is 0. The number of fused-ring (bicyclic) bond motifs is 1. The molecule has 2 aromatic rings. The number of nitrogens with zero attached hydrogens (tertiary/aromatic N) is 3. The number of amides is 1. The lowest BCUT2D eigenvalue weighted by Gasteiger charge is -2.32. The van der Waals surface area contributed by atoms with E-state index < -0.39 is 12.0 Å². The van der Waals surface area contributed by atoms with Crippen molar-refractivity contribution in [2.45, 2.75) is 25.9 Å². The minimum atomic E-state index is -1.03. The van der Waals surface area contributed by atoms with Gasteiger partial charge in [0.05, 0.1) is 29.8 Å². The van der Waals surface area contributed by atoms with E-state index in [4.69, 9.17) is 0 Å². The summed E-state index contributed by atoms with van der Waals surface area (Å²) in [5.74, 6) is -1.36. The second-order valence-electron chi connectivity index (χ2n) is 5.07. The number of pyridine rings is 1.